The molecule has 0 fully saturated rings. The molecule has 1 aromatic heterocycles. The molecule has 0 atom stereocenters. The Morgan fingerprint density at radius 3 is 2.41 bits per heavy atom. The van der Waals surface area contributed by atoms with Gasteiger partial charge in [-0.05, 0) is 5.56 Å². The van der Waals surface area contributed by atoms with Crippen LogP contribution in [0.2, 0.25) is 0 Å². The predicted molar refractivity (Wildman–Crippen MR) is 96.2 cm³/mol. The molecule has 0 bridgehead atoms. The third-order valence-electron chi connectivity index (χ3n) is 4.54. The summed E-state index contributed by atoms with van der Waals surface area (Å²) in [6.07, 6.45) is 1.16. The van der Waals surface area contributed by atoms with E-state index in [2.05, 4.69) is 5.32 Å². The van der Waals surface area contributed by atoms with Gasteiger partial charge in [-0.15, -0.1) is 0 Å². The third-order valence-corrected chi connectivity index (χ3v) is 4.54. The number of carbonyl (C=O) groups excluding carboxylic acids is 3. The molecular formula is C20H18N2O5. The first-order valence-electron chi connectivity index (χ1n) is 8.30. The summed E-state index contributed by atoms with van der Waals surface area (Å²) in [6.45, 7) is 3.20. The lowest BCUT2D eigenvalue weighted by molar-refractivity contribution is -0.619. The van der Waals surface area contributed by atoms with Gasteiger partial charge < -0.3 is 15.3 Å². The highest BCUT2D eigenvalue weighted by Crippen LogP contribution is 2.27. The third kappa shape index (κ3) is 3.08. The summed E-state index contributed by atoms with van der Waals surface area (Å²) >= 11 is 0. The molecule has 0 amide bonds. The number of methoxy groups -OCH3 is 1. The molecule has 3 rings (SSSR count). The molecule has 1 aromatic carbocycles. The van der Waals surface area contributed by atoms with Gasteiger partial charge in [0.1, 0.15) is 11.1 Å². The van der Waals surface area contributed by atoms with Crippen molar-refractivity contribution in [2.24, 2.45) is 0 Å². The summed E-state index contributed by atoms with van der Waals surface area (Å²) in [5.74, 6) is -1.86. The summed E-state index contributed by atoms with van der Waals surface area (Å²) in [7, 11) is 1.16. The molecule has 1 heterocycles. The molecule has 7 heteroatoms. The minimum Gasteiger partial charge on any atom is -0.618 e. The van der Waals surface area contributed by atoms with Crippen molar-refractivity contribution in [3.63, 3.8) is 0 Å². The maximum absolute atomic E-state index is 13.0. The number of pyridine rings is 1. The van der Waals surface area contributed by atoms with Crippen LogP contribution in [0.25, 0.3) is 0 Å². The van der Waals surface area contributed by atoms with Gasteiger partial charge in [0.25, 0.3) is 0 Å². The van der Waals surface area contributed by atoms with Crippen molar-refractivity contribution >= 4 is 17.5 Å². The molecular weight excluding hydrogens is 348 g/mol. The molecule has 27 heavy (non-hydrogen) atoms. The van der Waals surface area contributed by atoms with E-state index in [-0.39, 0.29) is 33.8 Å². The molecule has 0 saturated heterocycles. The van der Waals surface area contributed by atoms with E-state index in [1.165, 1.54) is 13.8 Å². The fraction of sp³-hybridized carbons (Fsp3) is 0.200. The number of aromatic nitrogens is 1. The fourth-order valence-electron chi connectivity index (χ4n) is 3.15. The van der Waals surface area contributed by atoms with E-state index in [1.54, 1.807) is 0 Å². The van der Waals surface area contributed by atoms with Crippen LogP contribution >= 0.6 is 0 Å². The number of ketones is 2. The zero-order valence-corrected chi connectivity index (χ0v) is 15.2. The number of rotatable bonds is 4. The molecule has 0 aliphatic heterocycles. The number of nitrogens with one attached hydrogen (secondary N) is 1. The number of hydrogen-bond donors (Lipinski definition) is 1. The van der Waals surface area contributed by atoms with Gasteiger partial charge in [-0.25, -0.2) is 4.79 Å². The van der Waals surface area contributed by atoms with Gasteiger partial charge in [-0.2, -0.15) is 4.73 Å². The van der Waals surface area contributed by atoms with E-state index in [4.69, 9.17) is 4.74 Å². The zero-order chi connectivity index (χ0) is 19.7. The van der Waals surface area contributed by atoms with Gasteiger partial charge in [0.15, 0.2) is 5.78 Å². The highest BCUT2D eigenvalue weighted by atomic mass is 16.5. The maximum Gasteiger partial charge on any atom is 0.345 e. The monoisotopic (exact) mass is 366 g/mol. The van der Waals surface area contributed by atoms with Crippen LogP contribution in [0.4, 0.5) is 0 Å². The van der Waals surface area contributed by atoms with Gasteiger partial charge in [-0.3, -0.25) is 9.59 Å². The number of benzene rings is 1. The summed E-state index contributed by atoms with van der Waals surface area (Å²) in [5.41, 5.74) is 0.756. The van der Waals surface area contributed by atoms with E-state index in [1.807, 2.05) is 30.3 Å². The first kappa shape index (κ1) is 18.3. The smallest absolute Gasteiger partial charge is 0.345 e. The fourth-order valence-corrected chi connectivity index (χ4v) is 3.15. The predicted octanol–water partition coefficient (Wildman–Crippen LogP) is 1.78. The van der Waals surface area contributed by atoms with Crippen molar-refractivity contribution in [2.45, 2.75) is 20.4 Å². The lowest BCUT2D eigenvalue weighted by Crippen LogP contribution is -2.42. The van der Waals surface area contributed by atoms with E-state index >= 15 is 0 Å². The van der Waals surface area contributed by atoms with Gasteiger partial charge in [0, 0.05) is 26.5 Å². The van der Waals surface area contributed by atoms with Crippen molar-refractivity contribution in [3.05, 3.63) is 81.0 Å². The number of Topliss-reactive ketones (excluding diaryl/α,β-unsaturated/α-hetero) is 1. The topological polar surface area (TPSA) is 99.4 Å². The van der Waals surface area contributed by atoms with Crippen LogP contribution in [0.1, 0.15) is 48.0 Å². The van der Waals surface area contributed by atoms with Gasteiger partial charge in [0.05, 0.1) is 18.4 Å². The Balaban J connectivity index is 2.08. The standard InChI is InChI=1S/C20H18N2O5/c1-11-16-15(23)9-14(21-10-13-7-5-4-6-8-13)19(24)18(16)17(20(25)27-3)12(2)22(11)26/h4-9,21H,10H2,1-3H3. The number of carbonyl (C=O) groups is 3. The minimum absolute atomic E-state index is 0.0172. The number of fused-ring (bicyclic) bond motifs is 1. The molecule has 138 valence electrons. The first-order valence-corrected chi connectivity index (χ1v) is 8.30. The molecule has 0 unspecified atom stereocenters. The van der Waals surface area contributed by atoms with Crippen LogP contribution in [0.15, 0.2) is 42.1 Å². The SMILES string of the molecule is COC(=O)c1c2c(c(C)[n+]([O-])c1C)C(=O)C=C(NCc1ccccc1)C2=O. The van der Waals surface area contributed by atoms with E-state index < -0.39 is 17.5 Å². The van der Waals surface area contributed by atoms with Crippen molar-refractivity contribution in [1.82, 2.24) is 5.32 Å². The molecule has 1 aliphatic carbocycles. The number of nitrogens with zero attached hydrogens (tertiary/aromatic N) is 1. The molecule has 0 saturated carbocycles. The summed E-state index contributed by atoms with van der Waals surface area (Å²) < 4.78 is 5.21. The summed E-state index contributed by atoms with van der Waals surface area (Å²) in [6, 6.07) is 9.37. The van der Waals surface area contributed by atoms with Crippen molar-refractivity contribution in [1.29, 1.82) is 0 Å². The van der Waals surface area contributed by atoms with Crippen LogP contribution in [0.3, 0.4) is 0 Å². The number of esters is 1. The summed E-state index contributed by atoms with van der Waals surface area (Å²) in [4.78, 5) is 37.9. The summed E-state index contributed by atoms with van der Waals surface area (Å²) in [5, 5.41) is 15.3. The minimum atomic E-state index is -0.834. The van der Waals surface area contributed by atoms with Crippen LogP contribution in [0, 0.1) is 19.1 Å². The second-order valence-electron chi connectivity index (χ2n) is 6.17. The van der Waals surface area contributed by atoms with Gasteiger partial charge >= 0.3 is 5.97 Å². The Bertz CT molecular complexity index is 993. The van der Waals surface area contributed by atoms with E-state index in [0.29, 0.717) is 11.3 Å². The van der Waals surface area contributed by atoms with Gasteiger partial charge in [-0.1, -0.05) is 30.3 Å². The zero-order valence-electron chi connectivity index (χ0n) is 15.2. The molecule has 0 spiro atoms. The molecule has 1 N–H and O–H groups in total. The highest BCUT2D eigenvalue weighted by molar-refractivity contribution is 6.27. The van der Waals surface area contributed by atoms with E-state index in [9.17, 15) is 19.6 Å². The number of ether oxygens (including phenoxy) is 1. The lowest BCUT2D eigenvalue weighted by Gasteiger charge is -2.21. The molecule has 2 aromatic rings. The van der Waals surface area contributed by atoms with Crippen molar-refractivity contribution in [3.8, 4) is 0 Å². The quantitative estimate of drug-likeness (QED) is 0.503. The van der Waals surface area contributed by atoms with Crippen LogP contribution in [0.5, 0.6) is 0 Å². The van der Waals surface area contributed by atoms with Crippen LogP contribution in [-0.4, -0.2) is 24.6 Å². The highest BCUT2D eigenvalue weighted by Gasteiger charge is 2.38. The maximum atomic E-state index is 13.0. The Morgan fingerprint density at radius 2 is 1.78 bits per heavy atom. The lowest BCUT2D eigenvalue weighted by atomic mass is 9.87. The Kier molecular flexibility index (Phi) is 4.77. The number of allylic oxidation sites excluding steroid dienone is 2. The largest absolute Gasteiger partial charge is 0.618 e. The Labute approximate surface area is 155 Å². The molecule has 0 radical (unpaired) electrons. The second-order valence-corrected chi connectivity index (χ2v) is 6.17. The normalized spacial score (nSPS) is 13.1. The Morgan fingerprint density at radius 1 is 1.11 bits per heavy atom. The first-order chi connectivity index (χ1) is 12.9. The average molecular weight is 366 g/mol. The van der Waals surface area contributed by atoms with Crippen molar-refractivity contribution in [2.75, 3.05) is 7.11 Å². The van der Waals surface area contributed by atoms with E-state index in [0.717, 1.165) is 18.7 Å². The van der Waals surface area contributed by atoms with Crippen LogP contribution in [-0.2, 0) is 11.3 Å². The average Bonchev–Trinajstić information content (AvgIpc) is 2.67. The van der Waals surface area contributed by atoms with Crippen LogP contribution < -0.4 is 10.0 Å². The van der Waals surface area contributed by atoms with Crippen molar-refractivity contribution < 1.29 is 23.9 Å². The molecule has 1 aliphatic rings. The second kappa shape index (κ2) is 7.03. The molecule has 7 nitrogen and oxygen atoms in total. The number of hydrogen-bond acceptors (Lipinski definition) is 6. The Hall–Kier alpha value is -3.48. The van der Waals surface area contributed by atoms with Gasteiger partial charge in [0.2, 0.25) is 17.2 Å².